The van der Waals surface area contributed by atoms with Crippen molar-refractivity contribution in [2.75, 3.05) is 33.4 Å². The molecule has 1 amide bonds. The maximum absolute atomic E-state index is 12.8. The van der Waals surface area contributed by atoms with Crippen LogP contribution in [0.1, 0.15) is 28.3 Å². The van der Waals surface area contributed by atoms with Gasteiger partial charge in [-0.25, -0.2) is 0 Å². The van der Waals surface area contributed by atoms with Gasteiger partial charge in [0.2, 0.25) is 0 Å². The van der Waals surface area contributed by atoms with Crippen LogP contribution >= 0.6 is 0 Å². The number of benzene rings is 2. The number of nitrogens with zero attached hydrogens (tertiary/aromatic N) is 1. The zero-order chi connectivity index (χ0) is 17.2. The Bertz CT molecular complexity index is 772. The number of amides is 1. The molecule has 2 aromatic rings. The smallest absolute Gasteiger partial charge is 0.254 e. The Labute approximate surface area is 147 Å². The lowest BCUT2D eigenvalue weighted by atomic mass is 9.98. The Morgan fingerprint density at radius 1 is 1.08 bits per heavy atom. The Balaban J connectivity index is 1.46. The van der Waals surface area contributed by atoms with Gasteiger partial charge in [-0.05, 0) is 42.3 Å². The number of carbonyl (C=O) groups is 1. The molecule has 25 heavy (non-hydrogen) atoms. The van der Waals surface area contributed by atoms with Crippen molar-refractivity contribution < 1.29 is 19.0 Å². The molecule has 0 spiro atoms. The molecule has 0 bridgehead atoms. The van der Waals surface area contributed by atoms with Crippen LogP contribution in [0.2, 0.25) is 0 Å². The van der Waals surface area contributed by atoms with Gasteiger partial charge in [0.25, 0.3) is 5.91 Å². The Hall–Kier alpha value is -2.69. The summed E-state index contributed by atoms with van der Waals surface area (Å²) >= 11 is 0. The van der Waals surface area contributed by atoms with Crippen LogP contribution in [0.25, 0.3) is 0 Å². The molecule has 4 rings (SSSR count). The van der Waals surface area contributed by atoms with Gasteiger partial charge in [0.1, 0.15) is 19.0 Å². The van der Waals surface area contributed by atoms with E-state index in [0.29, 0.717) is 36.2 Å². The molecular weight excluding hydrogens is 318 g/mol. The summed E-state index contributed by atoms with van der Waals surface area (Å²) in [6.07, 6.45) is 0.975. The maximum Gasteiger partial charge on any atom is 0.254 e. The molecule has 2 aliphatic heterocycles. The lowest BCUT2D eigenvalue weighted by molar-refractivity contribution is 0.0789. The van der Waals surface area contributed by atoms with Gasteiger partial charge in [0.15, 0.2) is 11.5 Å². The molecule has 0 aliphatic carbocycles. The molecule has 0 aromatic heterocycles. The van der Waals surface area contributed by atoms with Crippen LogP contribution in [-0.2, 0) is 0 Å². The molecule has 2 aromatic carbocycles. The fourth-order valence-corrected chi connectivity index (χ4v) is 3.45. The topological polar surface area (TPSA) is 48.0 Å². The predicted molar refractivity (Wildman–Crippen MR) is 93.7 cm³/mol. The third kappa shape index (κ3) is 3.14. The van der Waals surface area contributed by atoms with Crippen molar-refractivity contribution >= 4 is 5.91 Å². The molecule has 1 saturated heterocycles. The Kier molecular flexibility index (Phi) is 4.22. The van der Waals surface area contributed by atoms with E-state index >= 15 is 0 Å². The molecule has 5 nitrogen and oxygen atoms in total. The summed E-state index contributed by atoms with van der Waals surface area (Å²) in [6.45, 7) is 2.58. The van der Waals surface area contributed by atoms with E-state index in [1.165, 1.54) is 5.56 Å². The minimum atomic E-state index is 0.0491. The van der Waals surface area contributed by atoms with Crippen LogP contribution in [0.4, 0.5) is 0 Å². The van der Waals surface area contributed by atoms with E-state index < -0.39 is 0 Å². The monoisotopic (exact) mass is 339 g/mol. The van der Waals surface area contributed by atoms with E-state index in [0.717, 1.165) is 25.3 Å². The van der Waals surface area contributed by atoms with Crippen molar-refractivity contribution in [1.29, 1.82) is 0 Å². The third-order valence-electron chi connectivity index (χ3n) is 4.85. The molecule has 130 valence electrons. The van der Waals surface area contributed by atoms with Crippen molar-refractivity contribution in [2.24, 2.45) is 0 Å². The van der Waals surface area contributed by atoms with Gasteiger partial charge in [-0.15, -0.1) is 0 Å². The summed E-state index contributed by atoms with van der Waals surface area (Å²) < 4.78 is 16.3. The van der Waals surface area contributed by atoms with E-state index in [4.69, 9.17) is 14.2 Å². The summed E-state index contributed by atoms with van der Waals surface area (Å²) in [5.74, 6) is 2.63. The standard InChI is InChI=1S/C20H21NO4/c1-23-17-5-2-14(3-6-17)16-8-9-21(13-16)20(22)15-4-7-18-19(12-15)25-11-10-24-18/h2-7,12,16H,8-11,13H2,1H3/t16-/m0/s1. The van der Waals surface area contributed by atoms with Crippen molar-refractivity contribution in [3.8, 4) is 17.2 Å². The molecule has 2 aliphatic rings. The van der Waals surface area contributed by atoms with Crippen LogP contribution in [0, 0.1) is 0 Å². The van der Waals surface area contributed by atoms with Gasteiger partial charge >= 0.3 is 0 Å². The van der Waals surface area contributed by atoms with Crippen LogP contribution in [0.5, 0.6) is 17.2 Å². The van der Waals surface area contributed by atoms with Crippen LogP contribution < -0.4 is 14.2 Å². The van der Waals surface area contributed by atoms with Gasteiger partial charge in [0, 0.05) is 24.6 Å². The van der Waals surface area contributed by atoms with Crippen molar-refractivity contribution in [2.45, 2.75) is 12.3 Å². The van der Waals surface area contributed by atoms with Crippen molar-refractivity contribution in [1.82, 2.24) is 4.90 Å². The molecular formula is C20H21NO4. The first-order valence-corrected chi connectivity index (χ1v) is 8.57. The number of hydrogen-bond acceptors (Lipinski definition) is 4. The molecule has 1 atom stereocenters. The van der Waals surface area contributed by atoms with E-state index in [2.05, 4.69) is 12.1 Å². The molecule has 0 unspecified atom stereocenters. The number of carbonyl (C=O) groups excluding carboxylic acids is 1. The van der Waals surface area contributed by atoms with E-state index in [1.807, 2.05) is 29.2 Å². The summed E-state index contributed by atoms with van der Waals surface area (Å²) in [5, 5.41) is 0. The van der Waals surface area contributed by atoms with Gasteiger partial charge in [-0.1, -0.05) is 12.1 Å². The maximum atomic E-state index is 12.8. The predicted octanol–water partition coefficient (Wildman–Crippen LogP) is 3.10. The quantitative estimate of drug-likeness (QED) is 0.862. The lowest BCUT2D eigenvalue weighted by Crippen LogP contribution is -2.28. The van der Waals surface area contributed by atoms with E-state index in [-0.39, 0.29) is 5.91 Å². The largest absolute Gasteiger partial charge is 0.497 e. The average Bonchev–Trinajstić information content (AvgIpc) is 3.17. The molecule has 0 radical (unpaired) electrons. The molecule has 0 N–H and O–H groups in total. The van der Waals surface area contributed by atoms with Crippen LogP contribution in [-0.4, -0.2) is 44.2 Å². The molecule has 5 heteroatoms. The number of ether oxygens (including phenoxy) is 3. The minimum absolute atomic E-state index is 0.0491. The van der Waals surface area contributed by atoms with E-state index in [1.54, 1.807) is 13.2 Å². The van der Waals surface area contributed by atoms with Crippen LogP contribution in [0.15, 0.2) is 42.5 Å². The molecule has 2 heterocycles. The second-order valence-corrected chi connectivity index (χ2v) is 6.37. The number of likely N-dealkylation sites (tertiary alicyclic amines) is 1. The molecule has 0 saturated carbocycles. The first-order chi connectivity index (χ1) is 12.2. The highest BCUT2D eigenvalue weighted by Gasteiger charge is 2.28. The Morgan fingerprint density at radius 2 is 1.84 bits per heavy atom. The molecule has 1 fully saturated rings. The highest BCUT2D eigenvalue weighted by Crippen LogP contribution is 2.33. The fraction of sp³-hybridized carbons (Fsp3) is 0.350. The first-order valence-electron chi connectivity index (χ1n) is 8.57. The lowest BCUT2D eigenvalue weighted by Gasteiger charge is -2.21. The SMILES string of the molecule is COc1ccc([C@H]2CCN(C(=O)c3ccc4c(c3)OCCO4)C2)cc1. The van der Waals surface area contributed by atoms with Gasteiger partial charge < -0.3 is 19.1 Å². The summed E-state index contributed by atoms with van der Waals surface area (Å²) in [5.41, 5.74) is 1.90. The summed E-state index contributed by atoms with van der Waals surface area (Å²) in [4.78, 5) is 14.7. The summed E-state index contributed by atoms with van der Waals surface area (Å²) in [7, 11) is 1.66. The number of fused-ring (bicyclic) bond motifs is 1. The van der Waals surface area contributed by atoms with Crippen molar-refractivity contribution in [3.05, 3.63) is 53.6 Å². The number of methoxy groups -OCH3 is 1. The number of hydrogen-bond donors (Lipinski definition) is 0. The second-order valence-electron chi connectivity index (χ2n) is 6.37. The summed E-state index contributed by atoms with van der Waals surface area (Å²) in [6, 6.07) is 13.5. The Morgan fingerprint density at radius 3 is 2.60 bits per heavy atom. The fourth-order valence-electron chi connectivity index (χ4n) is 3.45. The third-order valence-corrected chi connectivity index (χ3v) is 4.85. The second kappa shape index (κ2) is 6.67. The first kappa shape index (κ1) is 15.8. The zero-order valence-electron chi connectivity index (χ0n) is 14.2. The highest BCUT2D eigenvalue weighted by atomic mass is 16.6. The normalized spacial score (nSPS) is 18.9. The zero-order valence-corrected chi connectivity index (χ0v) is 14.2. The van der Waals surface area contributed by atoms with E-state index in [9.17, 15) is 4.79 Å². The average molecular weight is 339 g/mol. The van der Waals surface area contributed by atoms with Gasteiger partial charge in [-0.2, -0.15) is 0 Å². The minimum Gasteiger partial charge on any atom is -0.497 e. The van der Waals surface area contributed by atoms with Crippen LogP contribution in [0.3, 0.4) is 0 Å². The van der Waals surface area contributed by atoms with Gasteiger partial charge in [0.05, 0.1) is 7.11 Å². The number of rotatable bonds is 3. The van der Waals surface area contributed by atoms with Crippen molar-refractivity contribution in [3.63, 3.8) is 0 Å². The highest BCUT2D eigenvalue weighted by molar-refractivity contribution is 5.95. The van der Waals surface area contributed by atoms with Gasteiger partial charge in [-0.3, -0.25) is 4.79 Å².